The van der Waals surface area contributed by atoms with E-state index in [-0.39, 0.29) is 18.0 Å². The summed E-state index contributed by atoms with van der Waals surface area (Å²) in [4.78, 5) is 0. The third-order valence-electron chi connectivity index (χ3n) is 2.82. The van der Waals surface area contributed by atoms with Gasteiger partial charge in [-0.25, -0.2) is 4.39 Å². The minimum atomic E-state index is -0.276. The van der Waals surface area contributed by atoms with E-state index in [0.717, 1.165) is 10.9 Å². The Morgan fingerprint density at radius 2 is 2.18 bits per heavy atom. The highest BCUT2D eigenvalue weighted by atomic mass is 79.9. The highest BCUT2D eigenvalue weighted by Gasteiger charge is 2.11. The molecule has 2 unspecified atom stereocenters. The molecule has 1 rings (SSSR count). The molecule has 0 aromatic heterocycles. The monoisotopic (exact) mass is 303 g/mol. The average Bonchev–Trinajstić information content (AvgIpc) is 2.31. The van der Waals surface area contributed by atoms with Crippen LogP contribution in [0.25, 0.3) is 0 Å². The Balaban J connectivity index is 2.52. The quantitative estimate of drug-likeness (QED) is 0.844. The first-order valence-corrected chi connectivity index (χ1v) is 6.70. The van der Waals surface area contributed by atoms with Gasteiger partial charge in [0.25, 0.3) is 0 Å². The molecule has 2 nitrogen and oxygen atoms in total. The Morgan fingerprint density at radius 3 is 2.82 bits per heavy atom. The van der Waals surface area contributed by atoms with Crippen LogP contribution in [0.2, 0.25) is 0 Å². The maximum atomic E-state index is 13.6. The van der Waals surface area contributed by atoms with E-state index in [2.05, 4.69) is 21.2 Å². The summed E-state index contributed by atoms with van der Waals surface area (Å²) in [5.74, 6) is -0.204. The Bertz CT molecular complexity index is 359. The van der Waals surface area contributed by atoms with E-state index in [1.807, 2.05) is 13.8 Å². The van der Waals surface area contributed by atoms with Gasteiger partial charge in [-0.1, -0.05) is 22.9 Å². The summed E-state index contributed by atoms with van der Waals surface area (Å²) in [6.07, 6.45) is 1.17. The standard InChI is InChI=1S/C13H19BrFNO/c1-3-11(17)6-7-16-9(2)12-8-10(14)4-5-13(12)15/h4-5,8-9,11,16-17H,3,6-7H2,1-2H3. The summed E-state index contributed by atoms with van der Waals surface area (Å²) in [5.41, 5.74) is 0.644. The highest BCUT2D eigenvalue weighted by molar-refractivity contribution is 9.10. The second kappa shape index (κ2) is 7.09. The second-order valence-electron chi connectivity index (χ2n) is 4.19. The van der Waals surface area contributed by atoms with E-state index in [0.29, 0.717) is 18.5 Å². The Labute approximate surface area is 110 Å². The first-order chi connectivity index (χ1) is 8.04. The number of hydrogen-bond donors (Lipinski definition) is 2. The molecule has 4 heteroatoms. The van der Waals surface area contributed by atoms with Crippen LogP contribution in [0.5, 0.6) is 0 Å². The fourth-order valence-corrected chi connectivity index (χ4v) is 2.01. The summed E-state index contributed by atoms with van der Waals surface area (Å²) < 4.78 is 14.4. The molecule has 0 aliphatic heterocycles. The lowest BCUT2D eigenvalue weighted by molar-refractivity contribution is 0.158. The van der Waals surface area contributed by atoms with Gasteiger partial charge >= 0.3 is 0 Å². The summed E-state index contributed by atoms with van der Waals surface area (Å²) in [6, 6.07) is 4.87. The molecule has 2 atom stereocenters. The van der Waals surface area contributed by atoms with Crippen LogP contribution in [0.4, 0.5) is 4.39 Å². The van der Waals surface area contributed by atoms with E-state index in [9.17, 15) is 9.50 Å². The van der Waals surface area contributed by atoms with E-state index in [1.54, 1.807) is 12.1 Å². The summed E-state index contributed by atoms with van der Waals surface area (Å²) in [7, 11) is 0. The number of aliphatic hydroxyl groups is 1. The van der Waals surface area contributed by atoms with Crippen LogP contribution in [0.15, 0.2) is 22.7 Å². The molecule has 0 aliphatic carbocycles. The van der Waals surface area contributed by atoms with Crippen molar-refractivity contribution >= 4 is 15.9 Å². The SMILES string of the molecule is CCC(O)CCNC(C)c1cc(Br)ccc1F. The molecule has 1 aromatic carbocycles. The van der Waals surface area contributed by atoms with E-state index < -0.39 is 0 Å². The zero-order valence-corrected chi connectivity index (χ0v) is 11.8. The number of aliphatic hydroxyl groups excluding tert-OH is 1. The fourth-order valence-electron chi connectivity index (χ4n) is 1.63. The molecular weight excluding hydrogens is 285 g/mol. The van der Waals surface area contributed by atoms with Crippen molar-refractivity contribution in [2.75, 3.05) is 6.54 Å². The molecule has 0 heterocycles. The lowest BCUT2D eigenvalue weighted by Gasteiger charge is -2.16. The second-order valence-corrected chi connectivity index (χ2v) is 5.11. The van der Waals surface area contributed by atoms with Gasteiger partial charge in [0.1, 0.15) is 5.82 Å². The molecule has 0 spiro atoms. The summed E-state index contributed by atoms with van der Waals surface area (Å²) >= 11 is 3.33. The maximum Gasteiger partial charge on any atom is 0.128 e. The molecule has 0 saturated carbocycles. The Hall–Kier alpha value is -0.450. The molecule has 0 fully saturated rings. The van der Waals surface area contributed by atoms with E-state index >= 15 is 0 Å². The number of nitrogens with one attached hydrogen (secondary N) is 1. The van der Waals surface area contributed by atoms with Crippen molar-refractivity contribution in [3.8, 4) is 0 Å². The van der Waals surface area contributed by atoms with Gasteiger partial charge in [-0.15, -0.1) is 0 Å². The summed E-state index contributed by atoms with van der Waals surface area (Å²) in [6.45, 7) is 4.55. The van der Waals surface area contributed by atoms with Gasteiger partial charge in [0.15, 0.2) is 0 Å². The lowest BCUT2D eigenvalue weighted by atomic mass is 10.1. The zero-order chi connectivity index (χ0) is 12.8. The van der Waals surface area contributed by atoms with Crippen molar-refractivity contribution in [3.05, 3.63) is 34.1 Å². The van der Waals surface area contributed by atoms with Crippen molar-refractivity contribution < 1.29 is 9.50 Å². The van der Waals surface area contributed by atoms with Crippen LogP contribution in [-0.4, -0.2) is 17.8 Å². The largest absolute Gasteiger partial charge is 0.393 e. The third kappa shape index (κ3) is 4.74. The van der Waals surface area contributed by atoms with Gasteiger partial charge in [-0.05, 0) is 44.5 Å². The van der Waals surface area contributed by atoms with E-state index in [1.165, 1.54) is 6.07 Å². The molecular formula is C13H19BrFNO. The maximum absolute atomic E-state index is 13.6. The van der Waals surface area contributed by atoms with Gasteiger partial charge in [-0.2, -0.15) is 0 Å². The first-order valence-electron chi connectivity index (χ1n) is 5.91. The Morgan fingerprint density at radius 1 is 1.47 bits per heavy atom. The van der Waals surface area contributed by atoms with Crippen LogP contribution in [0.3, 0.4) is 0 Å². The van der Waals surface area contributed by atoms with Crippen LogP contribution in [0, 0.1) is 5.82 Å². The average molecular weight is 304 g/mol. The smallest absolute Gasteiger partial charge is 0.128 e. The molecule has 0 saturated heterocycles. The van der Waals surface area contributed by atoms with Gasteiger partial charge < -0.3 is 10.4 Å². The highest BCUT2D eigenvalue weighted by Crippen LogP contribution is 2.21. The third-order valence-corrected chi connectivity index (χ3v) is 3.32. The normalized spacial score (nSPS) is 14.6. The minimum Gasteiger partial charge on any atom is -0.393 e. The van der Waals surface area contributed by atoms with Crippen molar-refractivity contribution in [1.82, 2.24) is 5.32 Å². The molecule has 1 aromatic rings. The topological polar surface area (TPSA) is 32.3 Å². The molecule has 0 amide bonds. The Kier molecular flexibility index (Phi) is 6.09. The van der Waals surface area contributed by atoms with Crippen molar-refractivity contribution in [3.63, 3.8) is 0 Å². The zero-order valence-electron chi connectivity index (χ0n) is 10.2. The van der Waals surface area contributed by atoms with Crippen LogP contribution in [-0.2, 0) is 0 Å². The fraction of sp³-hybridized carbons (Fsp3) is 0.538. The van der Waals surface area contributed by atoms with Crippen LogP contribution < -0.4 is 5.32 Å². The molecule has 0 aliphatic rings. The number of benzene rings is 1. The van der Waals surface area contributed by atoms with Crippen LogP contribution >= 0.6 is 15.9 Å². The molecule has 17 heavy (non-hydrogen) atoms. The van der Waals surface area contributed by atoms with Gasteiger partial charge in [0.2, 0.25) is 0 Å². The van der Waals surface area contributed by atoms with Crippen molar-refractivity contribution in [2.24, 2.45) is 0 Å². The van der Waals surface area contributed by atoms with Crippen molar-refractivity contribution in [1.29, 1.82) is 0 Å². The van der Waals surface area contributed by atoms with Gasteiger partial charge in [0, 0.05) is 16.1 Å². The van der Waals surface area contributed by atoms with E-state index in [4.69, 9.17) is 0 Å². The van der Waals surface area contributed by atoms with Gasteiger partial charge in [-0.3, -0.25) is 0 Å². The number of rotatable bonds is 6. The summed E-state index contributed by atoms with van der Waals surface area (Å²) in [5, 5.41) is 12.6. The number of halogens is 2. The molecule has 96 valence electrons. The predicted octanol–water partition coefficient (Wildman–Crippen LogP) is 3.40. The molecule has 2 N–H and O–H groups in total. The van der Waals surface area contributed by atoms with Gasteiger partial charge in [0.05, 0.1) is 6.10 Å². The minimum absolute atomic E-state index is 0.0587. The van der Waals surface area contributed by atoms with Crippen molar-refractivity contribution in [2.45, 2.75) is 38.8 Å². The molecule has 0 radical (unpaired) electrons. The lowest BCUT2D eigenvalue weighted by Crippen LogP contribution is -2.24. The predicted molar refractivity (Wildman–Crippen MR) is 71.4 cm³/mol. The van der Waals surface area contributed by atoms with Crippen LogP contribution in [0.1, 0.15) is 38.3 Å². The molecule has 0 bridgehead atoms. The first kappa shape index (κ1) is 14.6. The number of hydrogen-bond acceptors (Lipinski definition) is 2.